The Labute approximate surface area is 119 Å². The van der Waals surface area contributed by atoms with Crippen LogP contribution < -0.4 is 10.6 Å². The Bertz CT molecular complexity index is 498. The fourth-order valence-electron chi connectivity index (χ4n) is 2.63. The van der Waals surface area contributed by atoms with E-state index in [1.165, 1.54) is 18.2 Å². The smallest absolute Gasteiger partial charge is 0.326 e. The number of hydrogen-bond donors (Lipinski definition) is 2. The molecule has 3 nitrogen and oxygen atoms in total. The molecule has 1 aromatic carbocycles. The van der Waals surface area contributed by atoms with Crippen LogP contribution in [0.5, 0.6) is 0 Å². The highest BCUT2D eigenvalue weighted by atomic mass is 19.4. The summed E-state index contributed by atoms with van der Waals surface area (Å²) >= 11 is 0. The molecule has 1 atom stereocenters. The number of carbonyl (C=O) groups is 1. The van der Waals surface area contributed by atoms with Gasteiger partial charge in [-0.2, -0.15) is 13.2 Å². The zero-order valence-corrected chi connectivity index (χ0v) is 11.2. The Morgan fingerprint density at radius 2 is 1.90 bits per heavy atom. The third kappa shape index (κ3) is 4.34. The first-order valence-electron chi connectivity index (χ1n) is 6.76. The standard InChI is InChI=1S/C14H16F4N2O/c15-10-6-3-7-11(8-10)19-13(21)20-12(14(16,17)18)9-4-1-2-5-9/h3,6-9,12H,1-2,4-5H2,(H2,19,20,21). The summed E-state index contributed by atoms with van der Waals surface area (Å²) in [5, 5.41) is 4.19. The van der Waals surface area contributed by atoms with E-state index in [1.807, 2.05) is 5.32 Å². The van der Waals surface area contributed by atoms with Crippen molar-refractivity contribution in [3.05, 3.63) is 30.1 Å². The lowest BCUT2D eigenvalue weighted by molar-refractivity contribution is -0.164. The van der Waals surface area contributed by atoms with Gasteiger partial charge < -0.3 is 10.6 Å². The zero-order valence-electron chi connectivity index (χ0n) is 11.2. The number of nitrogens with one attached hydrogen (secondary N) is 2. The number of carbonyl (C=O) groups excluding carboxylic acids is 1. The lowest BCUT2D eigenvalue weighted by atomic mass is 9.98. The molecule has 2 amide bonds. The molecule has 0 aromatic heterocycles. The lowest BCUT2D eigenvalue weighted by Gasteiger charge is -2.27. The molecule has 1 saturated carbocycles. The molecular formula is C14H16F4N2O. The number of amides is 2. The first-order chi connectivity index (χ1) is 9.86. The van der Waals surface area contributed by atoms with E-state index in [0.717, 1.165) is 18.9 Å². The molecule has 1 fully saturated rings. The van der Waals surface area contributed by atoms with Crippen LogP contribution in [0.3, 0.4) is 0 Å². The monoisotopic (exact) mass is 304 g/mol. The van der Waals surface area contributed by atoms with E-state index >= 15 is 0 Å². The number of benzene rings is 1. The maximum Gasteiger partial charge on any atom is 0.408 e. The largest absolute Gasteiger partial charge is 0.408 e. The van der Waals surface area contributed by atoms with Crippen LogP contribution in [-0.2, 0) is 0 Å². The van der Waals surface area contributed by atoms with Gasteiger partial charge in [0.25, 0.3) is 0 Å². The second-order valence-electron chi connectivity index (χ2n) is 5.17. The van der Waals surface area contributed by atoms with Gasteiger partial charge in [-0.1, -0.05) is 18.9 Å². The molecule has 21 heavy (non-hydrogen) atoms. The number of rotatable bonds is 3. The van der Waals surface area contributed by atoms with Crippen molar-refractivity contribution in [2.75, 3.05) is 5.32 Å². The summed E-state index contributed by atoms with van der Waals surface area (Å²) in [6, 6.07) is 2.14. The second kappa shape index (κ2) is 6.32. The van der Waals surface area contributed by atoms with Crippen LogP contribution in [-0.4, -0.2) is 18.2 Å². The fourth-order valence-corrected chi connectivity index (χ4v) is 2.63. The normalized spacial score (nSPS) is 17.5. The summed E-state index contributed by atoms with van der Waals surface area (Å²) in [5.41, 5.74) is 0.111. The van der Waals surface area contributed by atoms with Crippen LogP contribution in [0.25, 0.3) is 0 Å². The molecule has 2 N–H and O–H groups in total. The summed E-state index contributed by atoms with van der Waals surface area (Å²) in [6.45, 7) is 0. The molecule has 0 heterocycles. The molecular weight excluding hydrogens is 288 g/mol. The highest BCUT2D eigenvalue weighted by molar-refractivity contribution is 5.89. The summed E-state index contributed by atoms with van der Waals surface area (Å²) in [6.07, 6.45) is -2.11. The molecule has 2 rings (SSSR count). The minimum Gasteiger partial charge on any atom is -0.326 e. The first kappa shape index (κ1) is 15.6. The van der Waals surface area contributed by atoms with Gasteiger partial charge in [0.1, 0.15) is 11.9 Å². The second-order valence-corrected chi connectivity index (χ2v) is 5.17. The molecule has 1 aliphatic rings. The predicted molar refractivity (Wildman–Crippen MR) is 70.4 cm³/mol. The van der Waals surface area contributed by atoms with E-state index in [2.05, 4.69) is 5.32 Å². The molecule has 1 aliphatic carbocycles. The van der Waals surface area contributed by atoms with Crippen LogP contribution in [0, 0.1) is 11.7 Å². The average molecular weight is 304 g/mol. The van der Waals surface area contributed by atoms with E-state index in [-0.39, 0.29) is 5.69 Å². The molecule has 0 spiro atoms. The first-order valence-corrected chi connectivity index (χ1v) is 6.76. The van der Waals surface area contributed by atoms with E-state index in [4.69, 9.17) is 0 Å². The van der Waals surface area contributed by atoms with Crippen LogP contribution >= 0.6 is 0 Å². The van der Waals surface area contributed by atoms with Gasteiger partial charge in [0.15, 0.2) is 0 Å². The number of alkyl halides is 3. The molecule has 7 heteroatoms. The van der Waals surface area contributed by atoms with E-state index in [9.17, 15) is 22.4 Å². The van der Waals surface area contributed by atoms with Crippen LogP contribution in [0.4, 0.5) is 28.0 Å². The van der Waals surface area contributed by atoms with Crippen molar-refractivity contribution < 1.29 is 22.4 Å². The van der Waals surface area contributed by atoms with Crippen LogP contribution in [0.1, 0.15) is 25.7 Å². The van der Waals surface area contributed by atoms with Gasteiger partial charge in [0.2, 0.25) is 0 Å². The van der Waals surface area contributed by atoms with Crippen molar-refractivity contribution in [1.82, 2.24) is 5.32 Å². The summed E-state index contributed by atoms with van der Waals surface area (Å²) in [4.78, 5) is 11.7. The van der Waals surface area contributed by atoms with Gasteiger partial charge in [-0.15, -0.1) is 0 Å². The lowest BCUT2D eigenvalue weighted by Crippen LogP contribution is -2.50. The van der Waals surface area contributed by atoms with Gasteiger partial charge in [0, 0.05) is 5.69 Å². The van der Waals surface area contributed by atoms with Gasteiger partial charge in [0.05, 0.1) is 0 Å². The van der Waals surface area contributed by atoms with Crippen LogP contribution in [0.15, 0.2) is 24.3 Å². The van der Waals surface area contributed by atoms with Crippen LogP contribution in [0.2, 0.25) is 0 Å². The van der Waals surface area contributed by atoms with Gasteiger partial charge in [-0.25, -0.2) is 9.18 Å². The SMILES string of the molecule is O=C(Nc1cccc(F)c1)NC(C1CCCC1)C(F)(F)F. The van der Waals surface area contributed by atoms with Crippen molar-refractivity contribution in [2.45, 2.75) is 37.9 Å². The van der Waals surface area contributed by atoms with Crippen molar-refractivity contribution in [3.63, 3.8) is 0 Å². The minimum atomic E-state index is -4.49. The Kier molecular flexibility index (Phi) is 4.69. The van der Waals surface area contributed by atoms with Crippen molar-refractivity contribution >= 4 is 11.7 Å². The van der Waals surface area contributed by atoms with E-state index in [0.29, 0.717) is 12.8 Å². The zero-order chi connectivity index (χ0) is 15.5. The Balaban J connectivity index is 2.01. The minimum absolute atomic E-state index is 0.111. The quantitative estimate of drug-likeness (QED) is 0.812. The molecule has 1 aromatic rings. The summed E-state index contributed by atoms with van der Waals surface area (Å²) in [7, 11) is 0. The highest BCUT2D eigenvalue weighted by Gasteiger charge is 2.46. The fraction of sp³-hybridized carbons (Fsp3) is 0.500. The van der Waals surface area contributed by atoms with Gasteiger partial charge in [-0.05, 0) is 37.0 Å². The van der Waals surface area contributed by atoms with Gasteiger partial charge >= 0.3 is 12.2 Å². The van der Waals surface area contributed by atoms with Gasteiger partial charge in [-0.3, -0.25) is 0 Å². The number of halogens is 4. The average Bonchev–Trinajstić information content (AvgIpc) is 2.88. The van der Waals surface area contributed by atoms with Crippen molar-refractivity contribution in [3.8, 4) is 0 Å². The molecule has 1 unspecified atom stereocenters. The molecule has 0 saturated heterocycles. The Morgan fingerprint density at radius 3 is 2.48 bits per heavy atom. The van der Waals surface area contributed by atoms with Crippen molar-refractivity contribution in [1.29, 1.82) is 0 Å². The van der Waals surface area contributed by atoms with E-state index in [1.54, 1.807) is 0 Å². The topological polar surface area (TPSA) is 41.1 Å². The number of hydrogen-bond acceptors (Lipinski definition) is 1. The third-order valence-electron chi connectivity index (χ3n) is 3.59. The Hall–Kier alpha value is -1.79. The molecule has 0 radical (unpaired) electrons. The number of urea groups is 1. The maximum atomic E-state index is 13.0. The van der Waals surface area contributed by atoms with Crippen molar-refractivity contribution in [2.24, 2.45) is 5.92 Å². The molecule has 116 valence electrons. The molecule has 0 aliphatic heterocycles. The maximum absolute atomic E-state index is 13.0. The summed E-state index contributed by atoms with van der Waals surface area (Å²) in [5.74, 6) is -1.17. The van der Waals surface area contributed by atoms with E-state index < -0.39 is 30.0 Å². The molecule has 0 bridgehead atoms. The highest BCUT2D eigenvalue weighted by Crippen LogP contribution is 2.35. The summed E-state index contributed by atoms with van der Waals surface area (Å²) < 4.78 is 52.1. The predicted octanol–water partition coefficient (Wildman–Crippen LogP) is 4.07. The third-order valence-corrected chi connectivity index (χ3v) is 3.59. The number of anilines is 1. The Morgan fingerprint density at radius 1 is 1.24 bits per heavy atom.